The molecular formula is C21H17IN2O4S. The number of carboxylic acid groups (broad SMARTS) is 1. The van der Waals surface area contributed by atoms with Crippen molar-refractivity contribution in [3.05, 3.63) is 73.7 Å². The van der Waals surface area contributed by atoms with Crippen LogP contribution in [0, 0.1) is 2.88 Å². The predicted octanol–water partition coefficient (Wildman–Crippen LogP) is 4.80. The summed E-state index contributed by atoms with van der Waals surface area (Å²) in [6, 6.07) is 15.5. The van der Waals surface area contributed by atoms with Crippen LogP contribution in [0.15, 0.2) is 54.7 Å². The van der Waals surface area contributed by atoms with Crippen LogP contribution < -0.4 is 5.32 Å². The zero-order valence-electron chi connectivity index (χ0n) is 15.2. The Kier molecular flexibility index (Phi) is 5.81. The summed E-state index contributed by atoms with van der Waals surface area (Å²) in [5.74, 6) is -1.06. The number of carboxylic acids is 1. The highest BCUT2D eigenvalue weighted by atomic mass is 127. The van der Waals surface area contributed by atoms with Gasteiger partial charge in [0.25, 0.3) is 0 Å². The molecule has 6 nitrogen and oxygen atoms in total. The van der Waals surface area contributed by atoms with E-state index in [1.807, 2.05) is 36.4 Å². The van der Waals surface area contributed by atoms with Crippen molar-refractivity contribution in [1.29, 1.82) is 0 Å². The maximum atomic E-state index is 12.4. The van der Waals surface area contributed by atoms with E-state index in [2.05, 4.69) is 45.0 Å². The van der Waals surface area contributed by atoms with E-state index in [0.29, 0.717) is 5.01 Å². The van der Waals surface area contributed by atoms with Gasteiger partial charge >= 0.3 is 12.1 Å². The molecule has 0 saturated heterocycles. The van der Waals surface area contributed by atoms with Crippen molar-refractivity contribution in [3.8, 4) is 11.1 Å². The van der Waals surface area contributed by atoms with Gasteiger partial charge in [-0.25, -0.2) is 9.78 Å². The lowest BCUT2D eigenvalue weighted by atomic mass is 9.98. The predicted molar refractivity (Wildman–Crippen MR) is 118 cm³/mol. The number of hydrogen-bond donors (Lipinski definition) is 2. The average Bonchev–Trinajstić information content (AvgIpc) is 3.27. The average molecular weight is 520 g/mol. The number of carbonyl (C=O) groups excluding carboxylic acids is 1. The highest BCUT2D eigenvalue weighted by Gasteiger charge is 2.29. The molecule has 0 fully saturated rings. The van der Waals surface area contributed by atoms with Crippen molar-refractivity contribution in [2.24, 2.45) is 0 Å². The maximum Gasteiger partial charge on any atom is 0.407 e. The molecule has 29 heavy (non-hydrogen) atoms. The fraction of sp³-hybridized carbons (Fsp3) is 0.190. The van der Waals surface area contributed by atoms with E-state index < -0.39 is 18.1 Å². The number of ether oxygens (including phenoxy) is 1. The van der Waals surface area contributed by atoms with Gasteiger partial charge in [0.05, 0.1) is 21.5 Å². The number of aromatic nitrogens is 1. The first kappa shape index (κ1) is 19.8. The third-order valence-corrected chi connectivity index (χ3v) is 6.65. The second-order valence-electron chi connectivity index (χ2n) is 6.62. The van der Waals surface area contributed by atoms with Crippen LogP contribution in [0.4, 0.5) is 4.79 Å². The highest BCUT2D eigenvalue weighted by Crippen LogP contribution is 2.44. The summed E-state index contributed by atoms with van der Waals surface area (Å²) in [6.07, 6.45) is 0.742. The molecule has 1 heterocycles. The minimum absolute atomic E-state index is 0.0492. The van der Waals surface area contributed by atoms with Crippen LogP contribution >= 0.6 is 33.9 Å². The number of hydrogen-bond acceptors (Lipinski definition) is 5. The van der Waals surface area contributed by atoms with E-state index in [-0.39, 0.29) is 18.9 Å². The molecule has 0 bridgehead atoms. The summed E-state index contributed by atoms with van der Waals surface area (Å²) < 4.78 is 6.43. The minimum atomic E-state index is -1.01. The number of nitrogens with one attached hydrogen (secondary N) is 1. The van der Waals surface area contributed by atoms with Gasteiger partial charge in [-0.2, -0.15) is 0 Å². The lowest BCUT2D eigenvalue weighted by molar-refractivity contribution is -0.137. The number of rotatable bonds is 6. The van der Waals surface area contributed by atoms with Crippen molar-refractivity contribution < 1.29 is 19.4 Å². The zero-order valence-corrected chi connectivity index (χ0v) is 18.1. The molecule has 3 aromatic rings. The Bertz CT molecular complexity index is 1020. The molecule has 1 aromatic heterocycles. The van der Waals surface area contributed by atoms with Crippen LogP contribution in [-0.4, -0.2) is 28.8 Å². The number of benzene rings is 2. The van der Waals surface area contributed by atoms with Crippen molar-refractivity contribution >= 4 is 46.0 Å². The van der Waals surface area contributed by atoms with E-state index in [1.165, 1.54) is 11.3 Å². The molecule has 4 rings (SSSR count). The molecule has 1 amide bonds. The number of amides is 1. The van der Waals surface area contributed by atoms with Crippen LogP contribution in [0.2, 0.25) is 0 Å². The third kappa shape index (κ3) is 4.27. The molecule has 1 aliphatic carbocycles. The largest absolute Gasteiger partial charge is 0.481 e. The number of aliphatic carboxylic acids is 1. The molecule has 8 heteroatoms. The Morgan fingerprint density at radius 2 is 1.76 bits per heavy atom. The zero-order chi connectivity index (χ0) is 20.4. The summed E-state index contributed by atoms with van der Waals surface area (Å²) in [5.41, 5.74) is 4.55. The second-order valence-corrected chi connectivity index (χ2v) is 9.58. The molecule has 0 saturated carbocycles. The summed E-state index contributed by atoms with van der Waals surface area (Å²) >= 11 is 3.46. The van der Waals surface area contributed by atoms with Crippen LogP contribution in [0.25, 0.3) is 11.1 Å². The van der Waals surface area contributed by atoms with Crippen molar-refractivity contribution in [2.75, 3.05) is 6.61 Å². The first-order chi connectivity index (χ1) is 14.0. The molecule has 1 atom stereocenters. The number of thiazole rings is 1. The van der Waals surface area contributed by atoms with Crippen molar-refractivity contribution in [2.45, 2.75) is 18.4 Å². The first-order valence-electron chi connectivity index (χ1n) is 8.97. The van der Waals surface area contributed by atoms with Crippen LogP contribution in [-0.2, 0) is 9.53 Å². The smallest absolute Gasteiger partial charge is 0.407 e. The van der Waals surface area contributed by atoms with E-state index in [9.17, 15) is 9.59 Å². The van der Waals surface area contributed by atoms with Gasteiger partial charge in [-0.3, -0.25) is 4.79 Å². The van der Waals surface area contributed by atoms with Gasteiger partial charge in [0, 0.05) is 5.92 Å². The fourth-order valence-corrected chi connectivity index (χ4v) is 5.10. The Morgan fingerprint density at radius 3 is 2.31 bits per heavy atom. The van der Waals surface area contributed by atoms with Gasteiger partial charge in [-0.05, 0) is 44.8 Å². The molecule has 2 N–H and O–H groups in total. The summed E-state index contributed by atoms with van der Waals surface area (Å²) in [7, 11) is 0. The van der Waals surface area contributed by atoms with Gasteiger partial charge in [-0.1, -0.05) is 48.5 Å². The van der Waals surface area contributed by atoms with E-state index >= 15 is 0 Å². The Hall–Kier alpha value is -2.46. The number of carbonyl (C=O) groups is 2. The summed E-state index contributed by atoms with van der Waals surface area (Å²) in [4.78, 5) is 27.8. The molecule has 0 aliphatic heterocycles. The lowest BCUT2D eigenvalue weighted by Gasteiger charge is -2.17. The molecular weight excluding hydrogens is 503 g/mol. The van der Waals surface area contributed by atoms with E-state index in [1.54, 1.807) is 6.20 Å². The van der Waals surface area contributed by atoms with Gasteiger partial charge in [0.1, 0.15) is 11.6 Å². The van der Waals surface area contributed by atoms with E-state index in [4.69, 9.17) is 9.84 Å². The lowest BCUT2D eigenvalue weighted by Crippen LogP contribution is -2.31. The first-order valence-corrected chi connectivity index (χ1v) is 10.9. The molecule has 2 aromatic carbocycles. The number of fused-ring (bicyclic) bond motifs is 3. The van der Waals surface area contributed by atoms with Gasteiger partial charge in [0.2, 0.25) is 0 Å². The van der Waals surface area contributed by atoms with Crippen molar-refractivity contribution in [3.63, 3.8) is 0 Å². The van der Waals surface area contributed by atoms with Gasteiger partial charge < -0.3 is 15.2 Å². The molecule has 0 radical (unpaired) electrons. The summed E-state index contributed by atoms with van der Waals surface area (Å²) in [6.45, 7) is 0.176. The monoisotopic (exact) mass is 520 g/mol. The molecule has 148 valence electrons. The van der Waals surface area contributed by atoms with E-state index in [0.717, 1.165) is 25.1 Å². The number of nitrogens with zero attached hydrogens (tertiary/aromatic N) is 1. The standard InChI is InChI=1S/C21H17IN2O4S/c22-18-10-23-20(29-18)17(9-19(25)26)24-21(27)28-11-16-14-7-3-1-5-12(14)13-6-2-4-8-15(13)16/h1-8,10,16-17H,9,11H2,(H,24,27)(H,25,26)/t17-/m1/s1. The van der Waals surface area contributed by atoms with Gasteiger partial charge in [0.15, 0.2) is 0 Å². The Balaban J connectivity index is 1.47. The summed E-state index contributed by atoms with van der Waals surface area (Å²) in [5, 5.41) is 12.4. The van der Waals surface area contributed by atoms with Crippen LogP contribution in [0.5, 0.6) is 0 Å². The SMILES string of the molecule is O=C(O)C[C@@H](NC(=O)OCC1c2ccccc2-c2ccccc21)c1ncc(I)s1. The quantitative estimate of drug-likeness (QED) is 0.456. The molecule has 1 aliphatic rings. The van der Waals surface area contributed by atoms with Crippen LogP contribution in [0.3, 0.4) is 0 Å². The number of halogens is 1. The fourth-order valence-electron chi connectivity index (χ4n) is 3.59. The minimum Gasteiger partial charge on any atom is -0.481 e. The topological polar surface area (TPSA) is 88.5 Å². The Morgan fingerprint density at radius 1 is 1.14 bits per heavy atom. The highest BCUT2D eigenvalue weighted by molar-refractivity contribution is 14.1. The number of alkyl carbamates (subject to hydrolysis) is 1. The third-order valence-electron chi connectivity index (χ3n) is 4.81. The van der Waals surface area contributed by atoms with Crippen molar-refractivity contribution in [1.82, 2.24) is 10.3 Å². The Labute approximate surface area is 185 Å². The van der Waals surface area contributed by atoms with Crippen LogP contribution in [0.1, 0.15) is 34.5 Å². The van der Waals surface area contributed by atoms with Gasteiger partial charge in [-0.15, -0.1) is 11.3 Å². The normalized spacial score (nSPS) is 13.4. The molecule has 0 unspecified atom stereocenters. The molecule has 0 spiro atoms. The maximum absolute atomic E-state index is 12.4. The second kappa shape index (κ2) is 8.50.